The van der Waals surface area contributed by atoms with E-state index in [1.165, 1.54) is 12.8 Å². The van der Waals surface area contributed by atoms with E-state index in [0.29, 0.717) is 12.2 Å². The quantitative estimate of drug-likeness (QED) is 0.630. The molecule has 0 aliphatic heterocycles. The Morgan fingerprint density at radius 1 is 1.20 bits per heavy atom. The zero-order chi connectivity index (χ0) is 10.6. The van der Waals surface area contributed by atoms with Crippen LogP contribution in [0, 0.1) is 29.6 Å². The van der Waals surface area contributed by atoms with Crippen molar-refractivity contribution >= 4 is 0 Å². The van der Waals surface area contributed by atoms with Gasteiger partial charge in [-0.3, -0.25) is 0 Å². The predicted octanol–water partition coefficient (Wildman–Crippen LogP) is 3.26. The Labute approximate surface area is 92.9 Å². The molecule has 2 saturated carbocycles. The molecule has 3 rings (SSSR count). The highest BCUT2D eigenvalue weighted by Crippen LogP contribution is 2.58. The zero-order valence-electron chi connectivity index (χ0n) is 10.0. The van der Waals surface area contributed by atoms with Crippen molar-refractivity contribution in [3.63, 3.8) is 0 Å². The lowest BCUT2D eigenvalue weighted by Crippen LogP contribution is -2.33. The van der Waals surface area contributed by atoms with E-state index in [4.69, 9.17) is 4.74 Å². The van der Waals surface area contributed by atoms with Crippen LogP contribution >= 0.6 is 0 Å². The summed E-state index contributed by atoms with van der Waals surface area (Å²) < 4.78 is 6.05. The summed E-state index contributed by atoms with van der Waals surface area (Å²) >= 11 is 0. The zero-order valence-corrected chi connectivity index (χ0v) is 10.0. The Balaban J connectivity index is 1.75. The summed E-state index contributed by atoms with van der Waals surface area (Å²) in [6.07, 6.45) is 8.64. The Bertz CT molecular complexity index is 281. The van der Waals surface area contributed by atoms with E-state index in [0.717, 1.165) is 29.6 Å². The first kappa shape index (κ1) is 9.89. The molecule has 0 aromatic carbocycles. The number of allylic oxidation sites excluding steroid dienone is 2. The highest BCUT2D eigenvalue weighted by atomic mass is 16.5. The van der Waals surface area contributed by atoms with Crippen molar-refractivity contribution in [2.75, 3.05) is 0 Å². The van der Waals surface area contributed by atoms with Gasteiger partial charge in [-0.25, -0.2) is 0 Å². The van der Waals surface area contributed by atoms with E-state index in [2.05, 4.69) is 32.9 Å². The smallest absolute Gasteiger partial charge is 0.0615 e. The molecular weight excluding hydrogens is 184 g/mol. The number of rotatable bonds is 2. The average Bonchev–Trinajstić information content (AvgIpc) is 2.76. The molecular formula is C14H22O. The topological polar surface area (TPSA) is 9.23 Å². The summed E-state index contributed by atoms with van der Waals surface area (Å²) in [6.45, 7) is 6.72. The molecule has 6 atom stereocenters. The highest BCUT2D eigenvalue weighted by Gasteiger charge is 2.54. The van der Waals surface area contributed by atoms with Gasteiger partial charge in [0.2, 0.25) is 0 Å². The van der Waals surface area contributed by atoms with Gasteiger partial charge in [-0.1, -0.05) is 19.1 Å². The third kappa shape index (κ3) is 1.39. The summed E-state index contributed by atoms with van der Waals surface area (Å²) in [5.41, 5.74) is 0. The molecule has 15 heavy (non-hydrogen) atoms. The van der Waals surface area contributed by atoms with Gasteiger partial charge in [-0.15, -0.1) is 0 Å². The van der Waals surface area contributed by atoms with Crippen LogP contribution in [-0.2, 0) is 4.74 Å². The maximum Gasteiger partial charge on any atom is 0.0615 e. The van der Waals surface area contributed by atoms with Crippen molar-refractivity contribution in [1.29, 1.82) is 0 Å². The fourth-order valence-electron chi connectivity index (χ4n) is 4.38. The number of fused-ring (bicyclic) bond motifs is 5. The Hall–Kier alpha value is -0.300. The Morgan fingerprint density at radius 3 is 2.73 bits per heavy atom. The molecule has 2 fully saturated rings. The van der Waals surface area contributed by atoms with Gasteiger partial charge in [0.15, 0.2) is 0 Å². The molecule has 0 saturated heterocycles. The minimum absolute atomic E-state index is 0.399. The maximum absolute atomic E-state index is 6.05. The van der Waals surface area contributed by atoms with Crippen molar-refractivity contribution in [3.8, 4) is 0 Å². The van der Waals surface area contributed by atoms with Gasteiger partial charge in [0.1, 0.15) is 0 Å². The van der Waals surface area contributed by atoms with Crippen molar-refractivity contribution in [3.05, 3.63) is 12.2 Å². The summed E-state index contributed by atoms with van der Waals surface area (Å²) in [7, 11) is 0. The average molecular weight is 206 g/mol. The molecule has 3 aliphatic carbocycles. The lowest BCUT2D eigenvalue weighted by Gasteiger charge is -2.34. The Kier molecular flexibility index (Phi) is 2.21. The molecule has 0 aromatic heterocycles. The van der Waals surface area contributed by atoms with Crippen molar-refractivity contribution in [2.45, 2.75) is 45.8 Å². The van der Waals surface area contributed by atoms with Crippen LogP contribution < -0.4 is 0 Å². The molecule has 3 aliphatic rings. The first-order valence-corrected chi connectivity index (χ1v) is 6.50. The van der Waals surface area contributed by atoms with Gasteiger partial charge in [0, 0.05) is 0 Å². The van der Waals surface area contributed by atoms with Crippen LogP contribution in [0.4, 0.5) is 0 Å². The fraction of sp³-hybridized carbons (Fsp3) is 0.857. The predicted molar refractivity (Wildman–Crippen MR) is 61.5 cm³/mol. The molecule has 84 valence electrons. The molecule has 0 amide bonds. The van der Waals surface area contributed by atoms with Gasteiger partial charge in [-0.05, 0) is 56.3 Å². The van der Waals surface area contributed by atoms with Crippen LogP contribution in [0.3, 0.4) is 0 Å². The number of hydrogen-bond donors (Lipinski definition) is 0. The van der Waals surface area contributed by atoms with E-state index in [9.17, 15) is 0 Å². The van der Waals surface area contributed by atoms with E-state index in [1.54, 1.807) is 0 Å². The SMILES string of the molecule is CC(C)OC1CC2CC1C1C=CC(C)C21. The van der Waals surface area contributed by atoms with Crippen LogP contribution in [0.1, 0.15) is 33.6 Å². The molecule has 0 aromatic rings. The van der Waals surface area contributed by atoms with Gasteiger partial charge in [0.05, 0.1) is 12.2 Å². The second-order valence-corrected chi connectivity index (χ2v) is 6.02. The summed E-state index contributed by atoms with van der Waals surface area (Å²) in [5.74, 6) is 4.42. The van der Waals surface area contributed by atoms with Gasteiger partial charge in [-0.2, -0.15) is 0 Å². The van der Waals surface area contributed by atoms with E-state index in [1.807, 2.05) is 0 Å². The van der Waals surface area contributed by atoms with E-state index in [-0.39, 0.29) is 0 Å². The standard InChI is InChI=1S/C14H22O/c1-8(2)15-13-7-10-6-12(13)11-5-4-9(3)14(10)11/h4-5,8-14H,6-7H2,1-3H3. The second-order valence-electron chi connectivity index (χ2n) is 6.02. The van der Waals surface area contributed by atoms with E-state index < -0.39 is 0 Å². The maximum atomic E-state index is 6.05. The molecule has 0 N–H and O–H groups in total. The molecule has 0 spiro atoms. The Morgan fingerprint density at radius 2 is 2.00 bits per heavy atom. The van der Waals surface area contributed by atoms with Crippen LogP contribution in [0.25, 0.3) is 0 Å². The van der Waals surface area contributed by atoms with Crippen molar-refractivity contribution in [2.24, 2.45) is 29.6 Å². The molecule has 6 unspecified atom stereocenters. The first-order valence-electron chi connectivity index (χ1n) is 6.50. The van der Waals surface area contributed by atoms with Gasteiger partial charge in [0.25, 0.3) is 0 Å². The second kappa shape index (κ2) is 3.35. The minimum atomic E-state index is 0.399. The number of hydrogen-bond acceptors (Lipinski definition) is 1. The van der Waals surface area contributed by atoms with Crippen LogP contribution in [0.2, 0.25) is 0 Å². The minimum Gasteiger partial charge on any atom is -0.375 e. The monoisotopic (exact) mass is 206 g/mol. The molecule has 2 bridgehead atoms. The lowest BCUT2D eigenvalue weighted by atomic mass is 9.76. The van der Waals surface area contributed by atoms with Crippen LogP contribution in [-0.4, -0.2) is 12.2 Å². The first-order chi connectivity index (χ1) is 7.16. The highest BCUT2D eigenvalue weighted by molar-refractivity contribution is 5.17. The molecule has 1 heteroatoms. The molecule has 1 nitrogen and oxygen atoms in total. The third-order valence-electron chi connectivity index (χ3n) is 4.76. The third-order valence-corrected chi connectivity index (χ3v) is 4.76. The summed E-state index contributed by atoms with van der Waals surface area (Å²) in [4.78, 5) is 0. The molecule has 0 radical (unpaired) electrons. The summed E-state index contributed by atoms with van der Waals surface area (Å²) in [5, 5.41) is 0. The van der Waals surface area contributed by atoms with E-state index >= 15 is 0 Å². The normalized spacial score (nSPS) is 51.7. The van der Waals surface area contributed by atoms with Gasteiger partial charge >= 0.3 is 0 Å². The van der Waals surface area contributed by atoms with Crippen LogP contribution in [0.5, 0.6) is 0 Å². The fourth-order valence-corrected chi connectivity index (χ4v) is 4.38. The lowest BCUT2D eigenvalue weighted by molar-refractivity contribution is -0.0410. The van der Waals surface area contributed by atoms with Crippen molar-refractivity contribution < 1.29 is 4.74 Å². The van der Waals surface area contributed by atoms with Crippen LogP contribution in [0.15, 0.2) is 12.2 Å². The summed E-state index contributed by atoms with van der Waals surface area (Å²) in [6, 6.07) is 0. The number of ether oxygens (including phenoxy) is 1. The van der Waals surface area contributed by atoms with Crippen molar-refractivity contribution in [1.82, 2.24) is 0 Å². The molecule has 0 heterocycles. The largest absolute Gasteiger partial charge is 0.375 e. The van der Waals surface area contributed by atoms with Gasteiger partial charge < -0.3 is 4.74 Å².